The maximum atomic E-state index is 4.62. The maximum Gasteiger partial charge on any atom is 0.0971 e. The largest absolute Gasteiger partial charge is 0.316 e. The van der Waals surface area contributed by atoms with Crippen molar-refractivity contribution in [1.29, 1.82) is 0 Å². The number of aromatic nitrogens is 1. The van der Waals surface area contributed by atoms with Gasteiger partial charge in [0.2, 0.25) is 0 Å². The van der Waals surface area contributed by atoms with E-state index in [1.54, 1.807) is 4.88 Å². The first kappa shape index (κ1) is 9.79. The van der Waals surface area contributed by atoms with Crippen molar-refractivity contribution in [3.8, 4) is 0 Å². The van der Waals surface area contributed by atoms with E-state index in [4.69, 9.17) is 0 Å². The molecule has 0 radical (unpaired) electrons. The van der Waals surface area contributed by atoms with Gasteiger partial charge in [-0.2, -0.15) is 0 Å². The summed E-state index contributed by atoms with van der Waals surface area (Å²) in [5.41, 5.74) is 0. The SMILES string of the molecule is c1nc(C2CCNC2)sc1C1CCCC1. The van der Waals surface area contributed by atoms with Crippen molar-refractivity contribution in [2.75, 3.05) is 13.1 Å². The maximum absolute atomic E-state index is 4.62. The molecule has 0 bridgehead atoms. The predicted molar refractivity (Wildman–Crippen MR) is 63.6 cm³/mol. The van der Waals surface area contributed by atoms with Gasteiger partial charge in [0.05, 0.1) is 5.01 Å². The number of thiazole rings is 1. The Morgan fingerprint density at radius 3 is 2.80 bits per heavy atom. The standard InChI is InChI=1S/C12H18N2S/c1-2-4-9(3-1)11-8-14-12(15-11)10-5-6-13-7-10/h8-10,13H,1-7H2. The van der Waals surface area contributed by atoms with Crippen LogP contribution in [0.25, 0.3) is 0 Å². The van der Waals surface area contributed by atoms with Crippen molar-refractivity contribution >= 4 is 11.3 Å². The van der Waals surface area contributed by atoms with Gasteiger partial charge in [0.15, 0.2) is 0 Å². The molecule has 0 spiro atoms. The second-order valence-electron chi connectivity index (χ2n) is 4.77. The van der Waals surface area contributed by atoms with E-state index < -0.39 is 0 Å². The third-order valence-electron chi connectivity index (χ3n) is 3.71. The van der Waals surface area contributed by atoms with Crippen molar-refractivity contribution in [1.82, 2.24) is 10.3 Å². The van der Waals surface area contributed by atoms with Gasteiger partial charge in [-0.05, 0) is 31.7 Å². The van der Waals surface area contributed by atoms with E-state index >= 15 is 0 Å². The Balaban J connectivity index is 1.74. The van der Waals surface area contributed by atoms with Gasteiger partial charge in [-0.25, -0.2) is 4.98 Å². The third kappa shape index (κ3) is 1.95. The average molecular weight is 222 g/mol. The zero-order valence-electron chi connectivity index (χ0n) is 9.04. The Morgan fingerprint density at radius 2 is 2.07 bits per heavy atom. The fourth-order valence-electron chi connectivity index (χ4n) is 2.75. The summed E-state index contributed by atoms with van der Waals surface area (Å²) < 4.78 is 0. The highest BCUT2D eigenvalue weighted by Crippen LogP contribution is 2.38. The van der Waals surface area contributed by atoms with Gasteiger partial charge in [-0.3, -0.25) is 0 Å². The molecule has 1 aliphatic carbocycles. The molecule has 3 rings (SSSR count). The van der Waals surface area contributed by atoms with Gasteiger partial charge >= 0.3 is 0 Å². The Labute approximate surface area is 95.1 Å². The minimum atomic E-state index is 0.699. The number of nitrogens with one attached hydrogen (secondary N) is 1. The van der Waals surface area contributed by atoms with Crippen LogP contribution in [0.2, 0.25) is 0 Å². The van der Waals surface area contributed by atoms with E-state index in [0.717, 1.165) is 12.5 Å². The molecule has 15 heavy (non-hydrogen) atoms. The monoisotopic (exact) mass is 222 g/mol. The molecule has 1 atom stereocenters. The molecule has 1 aliphatic heterocycles. The molecule has 1 aromatic rings. The molecule has 2 fully saturated rings. The van der Waals surface area contributed by atoms with Gasteiger partial charge < -0.3 is 5.32 Å². The van der Waals surface area contributed by atoms with Crippen LogP contribution in [0.3, 0.4) is 0 Å². The summed E-state index contributed by atoms with van der Waals surface area (Å²) in [6.45, 7) is 2.31. The summed E-state index contributed by atoms with van der Waals surface area (Å²) in [4.78, 5) is 6.17. The normalized spacial score (nSPS) is 27.6. The zero-order chi connectivity index (χ0) is 10.1. The molecule has 82 valence electrons. The van der Waals surface area contributed by atoms with Gasteiger partial charge in [0.1, 0.15) is 0 Å². The molecule has 2 nitrogen and oxygen atoms in total. The molecule has 2 heterocycles. The van der Waals surface area contributed by atoms with Crippen LogP contribution < -0.4 is 5.32 Å². The minimum absolute atomic E-state index is 0.699. The number of rotatable bonds is 2. The van der Waals surface area contributed by atoms with Crippen LogP contribution in [0.1, 0.15) is 53.8 Å². The molecule has 0 amide bonds. The average Bonchev–Trinajstić information content (AvgIpc) is 3.02. The number of hydrogen-bond acceptors (Lipinski definition) is 3. The van der Waals surface area contributed by atoms with Gasteiger partial charge in [-0.15, -0.1) is 11.3 Å². The van der Waals surface area contributed by atoms with E-state index in [1.807, 2.05) is 11.3 Å². The minimum Gasteiger partial charge on any atom is -0.316 e. The van der Waals surface area contributed by atoms with Crippen molar-refractivity contribution in [2.45, 2.75) is 43.9 Å². The molecule has 1 saturated heterocycles. The van der Waals surface area contributed by atoms with E-state index in [2.05, 4.69) is 16.5 Å². The first-order chi connectivity index (χ1) is 7.43. The smallest absolute Gasteiger partial charge is 0.0971 e. The second kappa shape index (κ2) is 4.22. The lowest BCUT2D eigenvalue weighted by Gasteiger charge is -2.04. The molecule has 1 N–H and O–H groups in total. The van der Waals surface area contributed by atoms with Crippen LogP contribution in [-0.4, -0.2) is 18.1 Å². The van der Waals surface area contributed by atoms with Crippen LogP contribution in [0.4, 0.5) is 0 Å². The first-order valence-corrected chi connectivity index (χ1v) is 6.91. The molecule has 1 aromatic heterocycles. The molecule has 3 heteroatoms. The number of nitrogens with zero attached hydrogens (tertiary/aromatic N) is 1. The summed E-state index contributed by atoms with van der Waals surface area (Å²) in [6.07, 6.45) is 9.05. The fraction of sp³-hybridized carbons (Fsp3) is 0.750. The third-order valence-corrected chi connectivity index (χ3v) is 5.03. The molecule has 1 unspecified atom stereocenters. The van der Waals surface area contributed by atoms with Crippen LogP contribution in [-0.2, 0) is 0 Å². The van der Waals surface area contributed by atoms with Crippen molar-refractivity contribution in [3.63, 3.8) is 0 Å². The van der Waals surface area contributed by atoms with Crippen LogP contribution >= 0.6 is 11.3 Å². The quantitative estimate of drug-likeness (QED) is 0.832. The Kier molecular flexibility index (Phi) is 2.76. The van der Waals surface area contributed by atoms with Crippen molar-refractivity contribution in [2.24, 2.45) is 0 Å². The number of hydrogen-bond donors (Lipinski definition) is 1. The topological polar surface area (TPSA) is 24.9 Å². The lowest BCUT2D eigenvalue weighted by Crippen LogP contribution is -2.07. The summed E-state index contributed by atoms with van der Waals surface area (Å²) >= 11 is 1.98. The van der Waals surface area contributed by atoms with E-state index in [1.165, 1.54) is 43.7 Å². The predicted octanol–water partition coefficient (Wildman–Crippen LogP) is 2.88. The summed E-state index contributed by atoms with van der Waals surface area (Å²) in [6, 6.07) is 0. The Bertz CT molecular complexity index is 292. The second-order valence-corrected chi connectivity index (χ2v) is 5.87. The first-order valence-electron chi connectivity index (χ1n) is 6.10. The van der Waals surface area contributed by atoms with Crippen molar-refractivity contribution < 1.29 is 0 Å². The molecular formula is C12H18N2S. The van der Waals surface area contributed by atoms with E-state index in [0.29, 0.717) is 5.92 Å². The Morgan fingerprint density at radius 1 is 1.20 bits per heavy atom. The lowest BCUT2D eigenvalue weighted by molar-refractivity contribution is 0.735. The van der Waals surface area contributed by atoms with E-state index in [9.17, 15) is 0 Å². The van der Waals surface area contributed by atoms with Crippen LogP contribution in [0.5, 0.6) is 0 Å². The van der Waals surface area contributed by atoms with Gasteiger partial charge in [-0.1, -0.05) is 12.8 Å². The zero-order valence-corrected chi connectivity index (χ0v) is 9.85. The van der Waals surface area contributed by atoms with Crippen LogP contribution in [0, 0.1) is 0 Å². The van der Waals surface area contributed by atoms with Crippen LogP contribution in [0.15, 0.2) is 6.20 Å². The molecule has 2 aliphatic rings. The summed E-state index contributed by atoms with van der Waals surface area (Å²) in [5, 5.41) is 4.79. The highest BCUT2D eigenvalue weighted by atomic mass is 32.1. The Hall–Kier alpha value is -0.410. The fourth-order valence-corrected chi connectivity index (χ4v) is 3.98. The van der Waals surface area contributed by atoms with Gasteiger partial charge in [0, 0.05) is 23.5 Å². The van der Waals surface area contributed by atoms with Gasteiger partial charge in [0.25, 0.3) is 0 Å². The summed E-state index contributed by atoms with van der Waals surface area (Å²) in [7, 11) is 0. The summed E-state index contributed by atoms with van der Waals surface area (Å²) in [5.74, 6) is 1.54. The molecule has 0 aromatic carbocycles. The molecule has 1 saturated carbocycles. The highest BCUT2D eigenvalue weighted by Gasteiger charge is 2.23. The highest BCUT2D eigenvalue weighted by molar-refractivity contribution is 7.11. The molecular weight excluding hydrogens is 204 g/mol. The van der Waals surface area contributed by atoms with Crippen molar-refractivity contribution in [3.05, 3.63) is 16.1 Å². The van der Waals surface area contributed by atoms with E-state index in [-0.39, 0.29) is 0 Å². The lowest BCUT2D eigenvalue weighted by atomic mass is 10.1.